The van der Waals surface area contributed by atoms with E-state index in [0.29, 0.717) is 13.0 Å². The van der Waals surface area contributed by atoms with Gasteiger partial charge in [-0.15, -0.1) is 0 Å². The molecule has 0 unspecified atom stereocenters. The van der Waals surface area contributed by atoms with Crippen molar-refractivity contribution >= 4 is 40.8 Å². The minimum atomic E-state index is -4.72. The van der Waals surface area contributed by atoms with Crippen molar-refractivity contribution in [3.63, 3.8) is 0 Å². The third kappa shape index (κ3) is 3.84. The van der Waals surface area contributed by atoms with Crippen LogP contribution in [0.1, 0.15) is 12.5 Å². The number of alkyl halides is 5. The fourth-order valence-corrected chi connectivity index (χ4v) is 3.06. The smallest absolute Gasteiger partial charge is 0.383 e. The van der Waals surface area contributed by atoms with Crippen LogP contribution in [-0.2, 0) is 6.18 Å². The Morgan fingerprint density at radius 1 is 1.17 bits per heavy atom. The summed E-state index contributed by atoms with van der Waals surface area (Å²) in [6.45, 7) is 0.651. The average molecular weight is 392 g/mol. The lowest BCUT2D eigenvalue weighted by Gasteiger charge is -2.15. The third-order valence-electron chi connectivity index (χ3n) is 2.64. The van der Waals surface area contributed by atoms with E-state index in [1.807, 2.05) is 0 Å². The van der Waals surface area contributed by atoms with Crippen molar-refractivity contribution in [2.45, 2.75) is 23.3 Å². The van der Waals surface area contributed by atoms with E-state index in [9.17, 15) is 22.0 Å². The summed E-state index contributed by atoms with van der Waals surface area (Å²) >= 11 is 11.8. The summed E-state index contributed by atoms with van der Waals surface area (Å²) in [6.07, 6.45) is -3.71. The van der Waals surface area contributed by atoms with E-state index in [2.05, 4.69) is 5.10 Å². The molecule has 1 heterocycles. The number of halogens is 7. The first-order chi connectivity index (χ1) is 10.4. The Bertz CT molecular complexity index is 740. The van der Waals surface area contributed by atoms with Gasteiger partial charge in [-0.1, -0.05) is 23.2 Å². The van der Waals surface area contributed by atoms with Crippen LogP contribution in [-0.4, -0.2) is 15.0 Å². The topological polar surface area (TPSA) is 43.8 Å². The minimum Gasteiger partial charge on any atom is -0.383 e. The number of nitrogen functional groups attached to an aromatic ring is 1. The molecule has 0 saturated carbocycles. The second-order valence-electron chi connectivity index (χ2n) is 4.47. The lowest BCUT2D eigenvalue weighted by molar-refractivity contribution is -0.137. The van der Waals surface area contributed by atoms with Gasteiger partial charge in [0.15, 0.2) is 0 Å². The van der Waals surface area contributed by atoms with E-state index in [1.54, 1.807) is 0 Å². The number of benzene rings is 1. The largest absolute Gasteiger partial charge is 0.417 e. The maximum absolute atomic E-state index is 13.0. The predicted molar refractivity (Wildman–Crippen MR) is 79.5 cm³/mol. The van der Waals surface area contributed by atoms with Crippen molar-refractivity contribution in [3.05, 3.63) is 33.9 Å². The Labute approximate surface area is 141 Å². The summed E-state index contributed by atoms with van der Waals surface area (Å²) in [5.74, 6) is -0.292. The fourth-order valence-electron chi connectivity index (χ4n) is 1.75. The van der Waals surface area contributed by atoms with Crippen LogP contribution in [0.5, 0.6) is 0 Å². The Kier molecular flexibility index (Phi) is 4.76. The van der Waals surface area contributed by atoms with Crippen LogP contribution in [0.3, 0.4) is 0 Å². The maximum atomic E-state index is 13.0. The van der Waals surface area contributed by atoms with Crippen LogP contribution in [0.15, 0.2) is 23.2 Å². The highest BCUT2D eigenvalue weighted by Crippen LogP contribution is 2.43. The van der Waals surface area contributed by atoms with Crippen LogP contribution in [0.4, 0.5) is 27.8 Å². The van der Waals surface area contributed by atoms with E-state index in [-0.39, 0.29) is 33.2 Å². The Hall–Kier alpha value is -1.19. The SMILES string of the molecule is CC(F)(F)Sc1cnn(-c2c(Cl)ccc(C(F)(F)F)c2Cl)c1N. The molecule has 0 radical (unpaired) electrons. The van der Waals surface area contributed by atoms with Gasteiger partial charge in [0, 0.05) is 6.92 Å². The van der Waals surface area contributed by atoms with Gasteiger partial charge in [-0.3, -0.25) is 0 Å². The summed E-state index contributed by atoms with van der Waals surface area (Å²) in [7, 11) is 0. The van der Waals surface area contributed by atoms with Crippen molar-refractivity contribution < 1.29 is 22.0 Å². The van der Waals surface area contributed by atoms with E-state index in [1.165, 1.54) is 0 Å². The first kappa shape index (κ1) is 18.2. The lowest BCUT2D eigenvalue weighted by atomic mass is 10.2. The van der Waals surface area contributed by atoms with Gasteiger partial charge in [0.1, 0.15) is 11.5 Å². The van der Waals surface area contributed by atoms with Crippen molar-refractivity contribution in [3.8, 4) is 5.69 Å². The number of hydrogen-bond donors (Lipinski definition) is 1. The van der Waals surface area contributed by atoms with Crippen LogP contribution in [0.2, 0.25) is 10.0 Å². The predicted octanol–water partition coefficient (Wildman–Crippen LogP) is 5.48. The van der Waals surface area contributed by atoms with Gasteiger partial charge in [-0.2, -0.15) is 27.1 Å². The zero-order valence-corrected chi connectivity index (χ0v) is 13.6. The van der Waals surface area contributed by atoms with Gasteiger partial charge in [0.25, 0.3) is 5.25 Å². The van der Waals surface area contributed by atoms with E-state index in [0.717, 1.165) is 16.9 Å². The maximum Gasteiger partial charge on any atom is 0.417 e. The molecule has 1 aromatic heterocycles. The average Bonchev–Trinajstić information content (AvgIpc) is 2.68. The molecule has 0 bridgehead atoms. The van der Waals surface area contributed by atoms with E-state index < -0.39 is 22.0 Å². The van der Waals surface area contributed by atoms with Gasteiger partial charge in [0.2, 0.25) is 0 Å². The molecular weight excluding hydrogens is 384 g/mol. The molecule has 0 aliphatic rings. The molecule has 0 amide bonds. The molecule has 0 aliphatic carbocycles. The molecule has 0 atom stereocenters. The number of anilines is 1. The monoisotopic (exact) mass is 391 g/mol. The number of hydrogen-bond acceptors (Lipinski definition) is 3. The highest BCUT2D eigenvalue weighted by atomic mass is 35.5. The Balaban J connectivity index is 2.60. The zero-order valence-electron chi connectivity index (χ0n) is 11.3. The van der Waals surface area contributed by atoms with Crippen LogP contribution < -0.4 is 5.73 Å². The molecule has 23 heavy (non-hydrogen) atoms. The van der Waals surface area contributed by atoms with Gasteiger partial charge in [0.05, 0.1) is 26.7 Å². The molecule has 2 aromatic rings. The second kappa shape index (κ2) is 6.03. The summed E-state index contributed by atoms with van der Waals surface area (Å²) < 4.78 is 65.6. The molecule has 1 aromatic carbocycles. The number of nitrogens with two attached hydrogens (primary N) is 1. The number of rotatable bonds is 3. The number of nitrogens with zero attached hydrogens (tertiary/aromatic N) is 2. The number of aromatic nitrogens is 2. The zero-order chi connectivity index (χ0) is 17.6. The first-order valence-electron chi connectivity index (χ1n) is 5.87. The normalized spacial score (nSPS) is 12.7. The lowest BCUT2D eigenvalue weighted by Crippen LogP contribution is -2.10. The van der Waals surface area contributed by atoms with Crippen molar-refractivity contribution in [2.24, 2.45) is 0 Å². The summed E-state index contributed by atoms with van der Waals surface area (Å²) in [5.41, 5.74) is 4.22. The third-order valence-corrected chi connectivity index (χ3v) is 4.22. The molecule has 0 saturated heterocycles. The first-order valence-corrected chi connectivity index (χ1v) is 7.45. The molecular formula is C12H8Cl2F5N3S. The summed E-state index contributed by atoms with van der Waals surface area (Å²) in [4.78, 5) is -0.109. The van der Waals surface area contributed by atoms with Crippen molar-refractivity contribution in [2.75, 3.05) is 5.73 Å². The van der Waals surface area contributed by atoms with Crippen LogP contribution >= 0.6 is 35.0 Å². The molecule has 2 rings (SSSR count). The summed E-state index contributed by atoms with van der Waals surface area (Å²) in [6, 6.07) is 1.69. The minimum absolute atomic E-state index is 0.109. The molecule has 3 nitrogen and oxygen atoms in total. The van der Waals surface area contributed by atoms with Crippen LogP contribution in [0, 0.1) is 0 Å². The second-order valence-corrected chi connectivity index (χ2v) is 6.62. The van der Waals surface area contributed by atoms with Gasteiger partial charge < -0.3 is 5.73 Å². The highest BCUT2D eigenvalue weighted by molar-refractivity contribution is 8.00. The Morgan fingerprint density at radius 2 is 1.78 bits per heavy atom. The fraction of sp³-hybridized carbons (Fsp3) is 0.250. The standard InChI is InChI=1S/C12H8Cl2F5N3S/c1-11(15,16)23-7-4-21-22(10(7)20)9-6(13)3-2-5(8(9)14)12(17,18)19/h2-4H,20H2,1H3. The van der Waals surface area contributed by atoms with E-state index in [4.69, 9.17) is 28.9 Å². The van der Waals surface area contributed by atoms with Gasteiger partial charge >= 0.3 is 6.18 Å². The van der Waals surface area contributed by atoms with Gasteiger partial charge in [-0.25, -0.2) is 4.68 Å². The molecule has 2 N–H and O–H groups in total. The number of thioether (sulfide) groups is 1. The van der Waals surface area contributed by atoms with Crippen LogP contribution in [0.25, 0.3) is 5.69 Å². The quantitative estimate of drug-likeness (QED) is 0.555. The van der Waals surface area contributed by atoms with Crippen molar-refractivity contribution in [1.29, 1.82) is 0 Å². The van der Waals surface area contributed by atoms with Gasteiger partial charge in [-0.05, 0) is 23.9 Å². The summed E-state index contributed by atoms with van der Waals surface area (Å²) in [5, 5.41) is -0.297. The molecule has 11 heteroatoms. The highest BCUT2D eigenvalue weighted by Gasteiger charge is 2.35. The molecule has 0 aliphatic heterocycles. The Morgan fingerprint density at radius 3 is 2.30 bits per heavy atom. The molecule has 0 spiro atoms. The van der Waals surface area contributed by atoms with E-state index >= 15 is 0 Å². The molecule has 126 valence electrons. The molecule has 0 fully saturated rings. The van der Waals surface area contributed by atoms with Crippen molar-refractivity contribution in [1.82, 2.24) is 9.78 Å².